The Labute approximate surface area is 111 Å². The third kappa shape index (κ3) is 3.54. The van der Waals surface area contributed by atoms with Crippen molar-refractivity contribution in [1.29, 1.82) is 0 Å². The Bertz CT molecular complexity index is 540. The molecule has 0 saturated heterocycles. The summed E-state index contributed by atoms with van der Waals surface area (Å²) in [7, 11) is 3.62. The Morgan fingerprint density at radius 1 is 1.26 bits per heavy atom. The summed E-state index contributed by atoms with van der Waals surface area (Å²) >= 11 is 0. The van der Waals surface area contributed by atoms with Crippen molar-refractivity contribution < 1.29 is 4.74 Å². The first-order chi connectivity index (χ1) is 9.21. The Balaban J connectivity index is 2.08. The van der Waals surface area contributed by atoms with Crippen LogP contribution in [0.4, 0.5) is 11.9 Å². The second kappa shape index (κ2) is 5.98. The van der Waals surface area contributed by atoms with E-state index in [4.69, 9.17) is 4.74 Å². The van der Waals surface area contributed by atoms with E-state index in [9.17, 15) is 0 Å². The second-order valence-electron chi connectivity index (χ2n) is 3.78. The largest absolute Gasteiger partial charge is 0.464 e. The van der Waals surface area contributed by atoms with Gasteiger partial charge in [0.25, 0.3) is 0 Å². The van der Waals surface area contributed by atoms with Crippen molar-refractivity contribution in [1.82, 2.24) is 24.7 Å². The SMILES string of the molecule is CCOc1nc(NC)nc(NCc2ccn(C)n2)n1. The van der Waals surface area contributed by atoms with Gasteiger partial charge >= 0.3 is 6.01 Å². The van der Waals surface area contributed by atoms with Gasteiger partial charge in [-0.05, 0) is 13.0 Å². The maximum Gasteiger partial charge on any atom is 0.323 e. The third-order valence-corrected chi connectivity index (χ3v) is 2.31. The Morgan fingerprint density at radius 2 is 2.05 bits per heavy atom. The molecule has 19 heavy (non-hydrogen) atoms. The van der Waals surface area contributed by atoms with Crippen LogP contribution in [0.1, 0.15) is 12.6 Å². The van der Waals surface area contributed by atoms with Crippen LogP contribution >= 0.6 is 0 Å². The fourth-order valence-corrected chi connectivity index (χ4v) is 1.47. The van der Waals surface area contributed by atoms with Crippen LogP contribution < -0.4 is 15.4 Å². The molecule has 2 heterocycles. The molecule has 0 aromatic carbocycles. The first-order valence-electron chi connectivity index (χ1n) is 6.00. The fourth-order valence-electron chi connectivity index (χ4n) is 1.47. The minimum atomic E-state index is 0.297. The van der Waals surface area contributed by atoms with Gasteiger partial charge < -0.3 is 15.4 Å². The van der Waals surface area contributed by atoms with Gasteiger partial charge in [0.05, 0.1) is 18.8 Å². The zero-order chi connectivity index (χ0) is 13.7. The lowest BCUT2D eigenvalue weighted by atomic mass is 10.4. The van der Waals surface area contributed by atoms with Crippen LogP contribution in [0, 0.1) is 0 Å². The zero-order valence-electron chi connectivity index (χ0n) is 11.2. The summed E-state index contributed by atoms with van der Waals surface area (Å²) in [5, 5.41) is 10.2. The molecule has 8 heteroatoms. The number of anilines is 2. The molecule has 2 rings (SSSR count). The first kappa shape index (κ1) is 13.1. The normalized spacial score (nSPS) is 10.3. The van der Waals surface area contributed by atoms with Gasteiger partial charge in [-0.1, -0.05) is 0 Å². The summed E-state index contributed by atoms with van der Waals surface area (Å²) in [4.78, 5) is 12.4. The van der Waals surface area contributed by atoms with Gasteiger partial charge in [-0.3, -0.25) is 4.68 Å². The molecule has 0 fully saturated rings. The van der Waals surface area contributed by atoms with Crippen molar-refractivity contribution in [3.8, 4) is 6.01 Å². The first-order valence-corrected chi connectivity index (χ1v) is 6.00. The number of aryl methyl sites for hydroxylation is 1. The minimum Gasteiger partial charge on any atom is -0.464 e. The standard InChI is InChI=1S/C11H17N7O/c1-4-19-11-15-9(12-2)14-10(16-11)13-7-8-5-6-18(3)17-8/h5-6H,4,7H2,1-3H3,(H2,12,13,14,15,16). The monoisotopic (exact) mass is 263 g/mol. The van der Waals surface area contributed by atoms with E-state index >= 15 is 0 Å². The van der Waals surface area contributed by atoms with Crippen molar-refractivity contribution in [2.45, 2.75) is 13.5 Å². The predicted molar refractivity (Wildman–Crippen MR) is 71.1 cm³/mol. The lowest BCUT2D eigenvalue weighted by Gasteiger charge is -2.07. The molecule has 0 saturated carbocycles. The van der Waals surface area contributed by atoms with E-state index in [-0.39, 0.29) is 0 Å². The highest BCUT2D eigenvalue weighted by atomic mass is 16.5. The molecule has 0 spiro atoms. The third-order valence-electron chi connectivity index (χ3n) is 2.31. The van der Waals surface area contributed by atoms with Gasteiger partial charge in [-0.25, -0.2) is 0 Å². The summed E-state index contributed by atoms with van der Waals surface area (Å²) in [5.74, 6) is 0.912. The van der Waals surface area contributed by atoms with Crippen molar-refractivity contribution in [2.24, 2.45) is 7.05 Å². The molecule has 0 aliphatic carbocycles. The maximum atomic E-state index is 5.28. The molecule has 2 aromatic heterocycles. The molecular weight excluding hydrogens is 246 g/mol. The van der Waals surface area contributed by atoms with Crippen molar-refractivity contribution in [3.63, 3.8) is 0 Å². The molecule has 0 amide bonds. The molecule has 0 atom stereocenters. The second-order valence-corrected chi connectivity index (χ2v) is 3.78. The van der Waals surface area contributed by atoms with Crippen LogP contribution in [0.25, 0.3) is 0 Å². The van der Waals surface area contributed by atoms with Crippen molar-refractivity contribution in [2.75, 3.05) is 24.3 Å². The van der Waals surface area contributed by atoms with Gasteiger partial charge in [0, 0.05) is 20.3 Å². The number of hydrogen-bond acceptors (Lipinski definition) is 7. The molecular formula is C11H17N7O. The van der Waals surface area contributed by atoms with Crippen molar-refractivity contribution >= 4 is 11.9 Å². The highest BCUT2D eigenvalue weighted by Crippen LogP contribution is 2.11. The van der Waals surface area contributed by atoms with E-state index in [1.54, 1.807) is 11.7 Å². The van der Waals surface area contributed by atoms with E-state index in [0.29, 0.717) is 31.1 Å². The quantitative estimate of drug-likeness (QED) is 0.791. The summed E-state index contributed by atoms with van der Waals surface area (Å²) in [6, 6.07) is 2.22. The highest BCUT2D eigenvalue weighted by Gasteiger charge is 2.06. The molecule has 0 aliphatic rings. The lowest BCUT2D eigenvalue weighted by molar-refractivity contribution is 0.312. The van der Waals surface area contributed by atoms with Crippen LogP contribution in [0.5, 0.6) is 6.01 Å². The van der Waals surface area contributed by atoms with Gasteiger partial charge in [-0.15, -0.1) is 0 Å². The van der Waals surface area contributed by atoms with E-state index in [2.05, 4.69) is 30.7 Å². The molecule has 0 unspecified atom stereocenters. The molecule has 102 valence electrons. The Kier molecular flexibility index (Phi) is 4.11. The average Bonchev–Trinajstić information content (AvgIpc) is 2.82. The maximum absolute atomic E-state index is 5.28. The summed E-state index contributed by atoms with van der Waals surface area (Å²) in [6.45, 7) is 2.93. The highest BCUT2D eigenvalue weighted by molar-refractivity contribution is 5.35. The Hall–Kier alpha value is -2.38. The van der Waals surface area contributed by atoms with E-state index in [1.165, 1.54) is 0 Å². The molecule has 0 aliphatic heterocycles. The molecule has 2 N–H and O–H groups in total. The number of nitrogens with one attached hydrogen (secondary N) is 2. The van der Waals surface area contributed by atoms with E-state index in [0.717, 1.165) is 5.69 Å². The topological polar surface area (TPSA) is 89.8 Å². The smallest absolute Gasteiger partial charge is 0.323 e. The predicted octanol–water partition coefficient (Wildman–Crippen LogP) is 0.658. The zero-order valence-corrected chi connectivity index (χ0v) is 11.2. The average molecular weight is 263 g/mol. The molecule has 0 radical (unpaired) electrons. The van der Waals surface area contributed by atoms with Crippen LogP contribution in [0.3, 0.4) is 0 Å². The lowest BCUT2D eigenvalue weighted by Crippen LogP contribution is -2.09. The number of nitrogens with zero attached hydrogens (tertiary/aromatic N) is 5. The van der Waals surface area contributed by atoms with Crippen LogP contribution in [-0.2, 0) is 13.6 Å². The number of ether oxygens (including phenoxy) is 1. The van der Waals surface area contributed by atoms with Crippen LogP contribution in [-0.4, -0.2) is 38.4 Å². The summed E-state index contributed by atoms with van der Waals surface area (Å²) < 4.78 is 7.03. The van der Waals surface area contributed by atoms with Gasteiger partial charge in [0.1, 0.15) is 0 Å². The Morgan fingerprint density at radius 3 is 2.68 bits per heavy atom. The fraction of sp³-hybridized carbons (Fsp3) is 0.455. The van der Waals surface area contributed by atoms with Crippen LogP contribution in [0.15, 0.2) is 12.3 Å². The van der Waals surface area contributed by atoms with Crippen LogP contribution in [0.2, 0.25) is 0 Å². The summed E-state index contributed by atoms with van der Waals surface area (Å²) in [6.07, 6.45) is 1.88. The molecule has 0 bridgehead atoms. The number of hydrogen-bond donors (Lipinski definition) is 2. The summed E-state index contributed by atoms with van der Waals surface area (Å²) in [5.41, 5.74) is 0.909. The van der Waals surface area contributed by atoms with Gasteiger partial charge in [0.2, 0.25) is 11.9 Å². The van der Waals surface area contributed by atoms with Gasteiger partial charge in [-0.2, -0.15) is 20.1 Å². The van der Waals surface area contributed by atoms with E-state index in [1.807, 2.05) is 26.2 Å². The molecule has 8 nitrogen and oxygen atoms in total. The van der Waals surface area contributed by atoms with Crippen molar-refractivity contribution in [3.05, 3.63) is 18.0 Å². The van der Waals surface area contributed by atoms with E-state index < -0.39 is 0 Å². The number of rotatable bonds is 6. The number of aromatic nitrogens is 5. The van der Waals surface area contributed by atoms with Gasteiger partial charge in [0.15, 0.2) is 0 Å². The molecule has 2 aromatic rings. The minimum absolute atomic E-state index is 0.297.